The molecule has 4 rings (SSSR count). The highest BCUT2D eigenvalue weighted by atomic mass is 35.5. The number of amides is 3. The first-order chi connectivity index (χ1) is 17.3. The van der Waals surface area contributed by atoms with E-state index in [9.17, 15) is 24.0 Å². The molecule has 1 aliphatic rings. The SMILES string of the molecule is O=C(COC(=O)c1ccc(N2C(=O)CC(NNC(=O)c3ccccc3)C2=O)cc1)c1ccc(Cl)cc1. The van der Waals surface area contributed by atoms with Gasteiger partial charge in [0, 0.05) is 16.1 Å². The first kappa shape index (κ1) is 24.8. The highest BCUT2D eigenvalue weighted by Gasteiger charge is 2.39. The predicted molar refractivity (Wildman–Crippen MR) is 130 cm³/mol. The van der Waals surface area contributed by atoms with Crippen molar-refractivity contribution in [3.05, 3.63) is 101 Å². The van der Waals surface area contributed by atoms with Gasteiger partial charge >= 0.3 is 5.97 Å². The lowest BCUT2D eigenvalue weighted by molar-refractivity contribution is -0.121. The van der Waals surface area contributed by atoms with Gasteiger partial charge in [0.2, 0.25) is 5.91 Å². The molecule has 9 nitrogen and oxygen atoms in total. The van der Waals surface area contributed by atoms with Gasteiger partial charge in [0.1, 0.15) is 6.04 Å². The lowest BCUT2D eigenvalue weighted by Gasteiger charge is -2.16. The molecule has 3 aromatic rings. The van der Waals surface area contributed by atoms with Crippen molar-refractivity contribution in [3.63, 3.8) is 0 Å². The Kier molecular flexibility index (Phi) is 7.53. The number of esters is 1. The van der Waals surface area contributed by atoms with E-state index in [0.29, 0.717) is 16.1 Å². The molecule has 0 saturated carbocycles. The van der Waals surface area contributed by atoms with Crippen molar-refractivity contribution in [1.29, 1.82) is 0 Å². The number of carbonyl (C=O) groups is 5. The number of rotatable bonds is 8. The first-order valence-electron chi connectivity index (χ1n) is 10.9. The second-order valence-electron chi connectivity index (χ2n) is 7.84. The van der Waals surface area contributed by atoms with Crippen LogP contribution < -0.4 is 15.8 Å². The average Bonchev–Trinajstić information content (AvgIpc) is 3.19. The van der Waals surface area contributed by atoms with Crippen LogP contribution in [0.1, 0.15) is 37.5 Å². The topological polar surface area (TPSA) is 122 Å². The van der Waals surface area contributed by atoms with Crippen molar-refractivity contribution in [3.8, 4) is 0 Å². The van der Waals surface area contributed by atoms with Gasteiger partial charge in [-0.2, -0.15) is 0 Å². The van der Waals surface area contributed by atoms with Crippen molar-refractivity contribution in [2.45, 2.75) is 12.5 Å². The number of benzene rings is 3. The molecular formula is C26H20ClN3O6. The van der Waals surface area contributed by atoms with Crippen LogP contribution in [-0.4, -0.2) is 42.1 Å². The molecule has 0 spiro atoms. The van der Waals surface area contributed by atoms with E-state index in [2.05, 4.69) is 10.9 Å². The minimum Gasteiger partial charge on any atom is -0.454 e. The number of ketones is 1. The highest BCUT2D eigenvalue weighted by molar-refractivity contribution is 6.30. The summed E-state index contributed by atoms with van der Waals surface area (Å²) in [6.45, 7) is -0.451. The molecule has 3 amide bonds. The zero-order valence-corrected chi connectivity index (χ0v) is 19.5. The number of halogens is 1. The molecule has 2 N–H and O–H groups in total. The fourth-order valence-corrected chi connectivity index (χ4v) is 3.64. The summed E-state index contributed by atoms with van der Waals surface area (Å²) in [6.07, 6.45) is -0.148. The third kappa shape index (κ3) is 5.65. The predicted octanol–water partition coefficient (Wildman–Crippen LogP) is 2.95. The molecule has 182 valence electrons. The molecule has 1 aliphatic heterocycles. The summed E-state index contributed by atoms with van der Waals surface area (Å²) in [4.78, 5) is 62.9. The molecule has 1 heterocycles. The van der Waals surface area contributed by atoms with Gasteiger partial charge in [-0.15, -0.1) is 0 Å². The number of hydrogen-bond acceptors (Lipinski definition) is 7. The van der Waals surface area contributed by atoms with E-state index in [1.165, 1.54) is 36.4 Å². The molecular weight excluding hydrogens is 486 g/mol. The number of hydrazine groups is 1. The molecule has 10 heteroatoms. The fraction of sp³-hybridized carbons (Fsp3) is 0.115. The maximum Gasteiger partial charge on any atom is 0.338 e. The molecule has 36 heavy (non-hydrogen) atoms. The Labute approximate surface area is 211 Å². The number of ether oxygens (including phenoxy) is 1. The summed E-state index contributed by atoms with van der Waals surface area (Å²) in [5, 5.41) is 0.484. The monoisotopic (exact) mass is 505 g/mol. The van der Waals surface area contributed by atoms with Crippen LogP contribution in [0.5, 0.6) is 0 Å². The Hall–Kier alpha value is -4.34. The van der Waals surface area contributed by atoms with E-state index in [1.807, 2.05) is 0 Å². The molecule has 0 radical (unpaired) electrons. The van der Waals surface area contributed by atoms with E-state index < -0.39 is 36.3 Å². The minimum absolute atomic E-state index is 0.145. The number of Topliss-reactive ketones (excluding diaryl/α,β-unsaturated/α-hetero) is 1. The summed E-state index contributed by atoms with van der Waals surface area (Å²) in [5.74, 6) is -2.56. The average molecular weight is 506 g/mol. The van der Waals surface area contributed by atoms with Crippen LogP contribution in [0.15, 0.2) is 78.9 Å². The van der Waals surface area contributed by atoms with Crippen molar-refractivity contribution in [2.24, 2.45) is 0 Å². The third-order valence-corrected chi connectivity index (χ3v) is 5.66. The maximum atomic E-state index is 12.8. The van der Waals surface area contributed by atoms with Gasteiger partial charge in [-0.1, -0.05) is 29.8 Å². The van der Waals surface area contributed by atoms with Crippen LogP contribution in [0.3, 0.4) is 0 Å². The summed E-state index contributed by atoms with van der Waals surface area (Å²) in [5.41, 5.74) is 6.21. The largest absolute Gasteiger partial charge is 0.454 e. The highest BCUT2D eigenvalue weighted by Crippen LogP contribution is 2.23. The molecule has 1 atom stereocenters. The summed E-state index contributed by atoms with van der Waals surface area (Å²) < 4.78 is 5.07. The van der Waals surface area contributed by atoms with E-state index in [0.717, 1.165) is 4.90 Å². The standard InChI is InChI=1S/C26H20ClN3O6/c27-19-10-6-16(7-11-19)22(31)15-36-26(35)18-8-12-20(13-9-18)30-23(32)14-21(25(30)34)28-29-24(33)17-4-2-1-3-5-17/h1-13,21,28H,14-15H2,(H,29,33). The molecule has 0 bridgehead atoms. The van der Waals surface area contributed by atoms with Gasteiger partial charge in [-0.25, -0.2) is 15.1 Å². The lowest BCUT2D eigenvalue weighted by atomic mass is 10.1. The van der Waals surface area contributed by atoms with Gasteiger partial charge in [-0.05, 0) is 60.7 Å². The molecule has 0 aliphatic carbocycles. The second-order valence-corrected chi connectivity index (χ2v) is 8.28. The zero-order chi connectivity index (χ0) is 25.7. The third-order valence-electron chi connectivity index (χ3n) is 5.40. The van der Waals surface area contributed by atoms with Crippen LogP contribution in [0.2, 0.25) is 5.02 Å². The number of nitrogens with zero attached hydrogens (tertiary/aromatic N) is 1. The van der Waals surface area contributed by atoms with Crippen molar-refractivity contribution in [2.75, 3.05) is 11.5 Å². The van der Waals surface area contributed by atoms with Crippen LogP contribution in [0, 0.1) is 0 Å². The molecule has 1 saturated heterocycles. The van der Waals surface area contributed by atoms with E-state index in [4.69, 9.17) is 16.3 Å². The van der Waals surface area contributed by atoms with Gasteiger partial charge in [0.15, 0.2) is 12.4 Å². The van der Waals surface area contributed by atoms with Gasteiger partial charge in [0.25, 0.3) is 11.8 Å². The molecule has 1 unspecified atom stereocenters. The number of imide groups is 1. The van der Waals surface area contributed by atoms with E-state index >= 15 is 0 Å². The lowest BCUT2D eigenvalue weighted by Crippen LogP contribution is -2.48. The summed E-state index contributed by atoms with van der Waals surface area (Å²) in [7, 11) is 0. The Morgan fingerprint density at radius 2 is 1.50 bits per heavy atom. The number of hydrogen-bond donors (Lipinski definition) is 2. The van der Waals surface area contributed by atoms with Crippen molar-refractivity contribution in [1.82, 2.24) is 10.9 Å². The van der Waals surface area contributed by atoms with Crippen LogP contribution in [0.4, 0.5) is 5.69 Å². The van der Waals surface area contributed by atoms with Crippen molar-refractivity contribution < 1.29 is 28.7 Å². The number of anilines is 1. The van der Waals surface area contributed by atoms with Crippen LogP contribution in [0.25, 0.3) is 0 Å². The quantitative estimate of drug-likeness (QED) is 0.209. The van der Waals surface area contributed by atoms with E-state index in [1.54, 1.807) is 42.5 Å². The Balaban J connectivity index is 1.33. The second kappa shape index (κ2) is 10.9. The number of carbonyl (C=O) groups excluding carboxylic acids is 5. The first-order valence-corrected chi connectivity index (χ1v) is 11.2. The van der Waals surface area contributed by atoms with Gasteiger partial charge in [-0.3, -0.25) is 24.6 Å². The van der Waals surface area contributed by atoms with E-state index in [-0.39, 0.29) is 23.5 Å². The molecule has 3 aromatic carbocycles. The smallest absolute Gasteiger partial charge is 0.338 e. The summed E-state index contributed by atoms with van der Waals surface area (Å²) >= 11 is 5.80. The fourth-order valence-electron chi connectivity index (χ4n) is 3.51. The zero-order valence-electron chi connectivity index (χ0n) is 18.8. The molecule has 1 fully saturated rings. The van der Waals surface area contributed by atoms with Crippen LogP contribution >= 0.6 is 11.6 Å². The Morgan fingerprint density at radius 1 is 0.861 bits per heavy atom. The minimum atomic E-state index is -0.936. The molecule has 0 aromatic heterocycles. The Morgan fingerprint density at radius 3 is 2.17 bits per heavy atom. The van der Waals surface area contributed by atoms with Crippen LogP contribution in [-0.2, 0) is 14.3 Å². The van der Waals surface area contributed by atoms with Gasteiger partial charge < -0.3 is 4.74 Å². The maximum absolute atomic E-state index is 12.8. The van der Waals surface area contributed by atoms with Gasteiger partial charge in [0.05, 0.1) is 17.7 Å². The summed E-state index contributed by atoms with van der Waals surface area (Å²) in [6, 6.07) is 19.3. The Bertz CT molecular complexity index is 1310. The normalized spacial score (nSPS) is 15.0. The van der Waals surface area contributed by atoms with Crippen molar-refractivity contribution >= 4 is 46.8 Å². The number of nitrogens with one attached hydrogen (secondary N) is 2.